The van der Waals surface area contributed by atoms with Gasteiger partial charge in [0.1, 0.15) is 24.2 Å². The molecule has 1 aliphatic rings. The Labute approximate surface area is 173 Å². The number of aliphatic hydroxyl groups is 2. The van der Waals surface area contributed by atoms with Gasteiger partial charge in [-0.1, -0.05) is 0 Å². The number of carbonyl (C=O) groups is 2. The van der Waals surface area contributed by atoms with Crippen molar-refractivity contribution >= 4 is 39.7 Å². The first-order valence-electron chi connectivity index (χ1n) is 9.04. The van der Waals surface area contributed by atoms with Crippen molar-refractivity contribution in [2.24, 2.45) is 0 Å². The minimum absolute atomic E-state index is 0.0700. The zero-order valence-electron chi connectivity index (χ0n) is 15.4. The third-order valence-electron chi connectivity index (χ3n) is 5.03. The molecule has 1 amide bonds. The van der Waals surface area contributed by atoms with E-state index in [-0.39, 0.29) is 23.7 Å². The number of furan rings is 1. The minimum Gasteiger partial charge on any atom is -0.503 e. The number of nitrogens with one attached hydrogen (secondary N) is 1. The molecule has 30 heavy (non-hydrogen) atoms. The van der Waals surface area contributed by atoms with Crippen LogP contribution in [-0.4, -0.2) is 31.9 Å². The number of anilines is 1. The van der Waals surface area contributed by atoms with Crippen LogP contribution in [-0.2, 0) is 11.4 Å². The van der Waals surface area contributed by atoms with E-state index in [4.69, 9.17) is 4.42 Å². The van der Waals surface area contributed by atoms with Crippen molar-refractivity contribution in [3.63, 3.8) is 0 Å². The summed E-state index contributed by atoms with van der Waals surface area (Å²) in [6.07, 6.45) is 1.54. The molecule has 4 aromatic rings. The first kappa shape index (κ1) is 18.3. The number of ketones is 1. The number of amides is 1. The fraction of sp³-hybridized carbons (Fsp3) is 0.0952. The lowest BCUT2D eigenvalue weighted by molar-refractivity contribution is -0.117. The Morgan fingerprint density at radius 1 is 1.27 bits per heavy atom. The molecule has 0 saturated heterocycles. The van der Waals surface area contributed by atoms with Crippen LogP contribution >= 0.6 is 11.3 Å². The fourth-order valence-electron chi connectivity index (χ4n) is 3.62. The first-order chi connectivity index (χ1) is 14.6. The van der Waals surface area contributed by atoms with Gasteiger partial charge < -0.3 is 19.6 Å². The summed E-state index contributed by atoms with van der Waals surface area (Å²) in [5.74, 6) is -1.25. The standard InChI is InChI=1S/C21H15N3O5S/c25-8-13-2-4-16(29-13)18-17(19(26)11-5-6-30-9-11)20(27)21(28)24(18)12-1-3-14-15(7-12)23-10-22-14/h1-7,9-10,18,25,27H,8H2,(H,22,23). The highest BCUT2D eigenvalue weighted by atomic mass is 32.1. The molecule has 9 heteroatoms. The molecule has 8 nitrogen and oxygen atoms in total. The summed E-state index contributed by atoms with van der Waals surface area (Å²) in [6.45, 7) is -0.330. The van der Waals surface area contributed by atoms with Gasteiger partial charge in [0, 0.05) is 16.6 Å². The van der Waals surface area contributed by atoms with Crippen LogP contribution in [0.25, 0.3) is 11.0 Å². The van der Waals surface area contributed by atoms with Crippen molar-refractivity contribution in [2.75, 3.05) is 4.90 Å². The fourth-order valence-corrected chi connectivity index (χ4v) is 4.25. The zero-order chi connectivity index (χ0) is 20.8. The summed E-state index contributed by atoms with van der Waals surface area (Å²) in [4.78, 5) is 34.8. The Balaban J connectivity index is 1.67. The van der Waals surface area contributed by atoms with Gasteiger partial charge in [-0.2, -0.15) is 11.3 Å². The Hall–Kier alpha value is -3.69. The van der Waals surface area contributed by atoms with Crippen molar-refractivity contribution in [3.05, 3.63) is 81.9 Å². The Kier molecular flexibility index (Phi) is 4.27. The minimum atomic E-state index is -0.985. The van der Waals surface area contributed by atoms with Crippen LogP contribution in [0.2, 0.25) is 0 Å². The maximum Gasteiger partial charge on any atom is 0.294 e. The summed E-state index contributed by atoms with van der Waals surface area (Å²) < 4.78 is 5.67. The third kappa shape index (κ3) is 2.75. The number of benzene rings is 1. The van der Waals surface area contributed by atoms with E-state index in [2.05, 4.69) is 9.97 Å². The van der Waals surface area contributed by atoms with Crippen LogP contribution < -0.4 is 4.90 Å². The molecule has 4 heterocycles. The predicted molar refractivity (Wildman–Crippen MR) is 109 cm³/mol. The van der Waals surface area contributed by atoms with Gasteiger partial charge in [0.05, 0.1) is 22.9 Å². The molecule has 1 unspecified atom stereocenters. The maximum atomic E-state index is 13.2. The second-order valence-corrected chi connectivity index (χ2v) is 7.53. The van der Waals surface area contributed by atoms with Crippen LogP contribution in [0.1, 0.15) is 27.9 Å². The average molecular weight is 421 g/mol. The molecule has 1 aromatic carbocycles. The molecule has 0 saturated carbocycles. The van der Waals surface area contributed by atoms with E-state index in [0.717, 1.165) is 5.52 Å². The van der Waals surface area contributed by atoms with Crippen molar-refractivity contribution < 1.29 is 24.2 Å². The molecule has 0 aliphatic carbocycles. The number of aromatic amines is 1. The molecule has 1 atom stereocenters. The molecule has 3 aromatic heterocycles. The van der Waals surface area contributed by atoms with E-state index in [9.17, 15) is 19.8 Å². The van der Waals surface area contributed by atoms with Crippen molar-refractivity contribution in [2.45, 2.75) is 12.6 Å². The number of rotatable bonds is 5. The van der Waals surface area contributed by atoms with Crippen molar-refractivity contribution in [1.82, 2.24) is 9.97 Å². The number of imidazole rings is 1. The number of H-pyrrole nitrogens is 1. The van der Waals surface area contributed by atoms with Crippen LogP contribution in [0.5, 0.6) is 0 Å². The predicted octanol–water partition coefficient (Wildman–Crippen LogP) is 3.49. The normalized spacial score (nSPS) is 16.8. The quantitative estimate of drug-likeness (QED) is 0.424. The summed E-state index contributed by atoms with van der Waals surface area (Å²) in [5.41, 5.74) is 2.17. The lowest BCUT2D eigenvalue weighted by Gasteiger charge is -2.25. The van der Waals surface area contributed by atoms with Crippen LogP contribution in [0.4, 0.5) is 5.69 Å². The number of fused-ring (bicyclic) bond motifs is 1. The van der Waals surface area contributed by atoms with Crippen molar-refractivity contribution in [1.29, 1.82) is 0 Å². The summed E-state index contributed by atoms with van der Waals surface area (Å²) in [5, 5.41) is 23.5. The molecule has 150 valence electrons. The molecule has 0 bridgehead atoms. The first-order valence-corrected chi connectivity index (χ1v) is 9.99. The molecule has 0 fully saturated rings. The molecular formula is C21H15N3O5S. The van der Waals surface area contributed by atoms with Gasteiger partial charge >= 0.3 is 0 Å². The molecule has 5 rings (SSSR count). The number of Topliss-reactive ketones (excluding diaryl/α,β-unsaturated/α-hetero) is 1. The molecule has 0 radical (unpaired) electrons. The van der Waals surface area contributed by atoms with Crippen LogP contribution in [0, 0.1) is 0 Å². The van der Waals surface area contributed by atoms with E-state index in [1.165, 1.54) is 16.2 Å². The van der Waals surface area contributed by atoms with E-state index < -0.39 is 23.5 Å². The van der Waals surface area contributed by atoms with E-state index in [0.29, 0.717) is 16.8 Å². The molecule has 0 spiro atoms. The number of nitrogens with zero attached hydrogens (tertiary/aromatic N) is 2. The third-order valence-corrected chi connectivity index (χ3v) is 5.71. The smallest absolute Gasteiger partial charge is 0.294 e. The average Bonchev–Trinajstić information content (AvgIpc) is 3.54. The molecule has 1 aliphatic heterocycles. The number of carbonyl (C=O) groups excluding carboxylic acids is 2. The number of hydrogen-bond acceptors (Lipinski definition) is 7. The Morgan fingerprint density at radius 2 is 2.13 bits per heavy atom. The topological polar surface area (TPSA) is 120 Å². The Bertz CT molecular complexity index is 1300. The largest absolute Gasteiger partial charge is 0.503 e. The van der Waals surface area contributed by atoms with Gasteiger partial charge in [-0.15, -0.1) is 0 Å². The van der Waals surface area contributed by atoms with Gasteiger partial charge in [0.15, 0.2) is 11.5 Å². The summed E-state index contributed by atoms with van der Waals surface area (Å²) in [6, 6.07) is 8.96. The van der Waals surface area contributed by atoms with Gasteiger partial charge in [0.25, 0.3) is 5.91 Å². The SMILES string of the molecule is O=C(C1=C(O)C(=O)N(c2ccc3[nH]cnc3c2)C1c1ccc(CO)o1)c1ccsc1. The second kappa shape index (κ2) is 6.97. The van der Waals surface area contributed by atoms with Gasteiger partial charge in [-0.3, -0.25) is 14.5 Å². The van der Waals surface area contributed by atoms with Crippen molar-refractivity contribution in [3.8, 4) is 0 Å². The number of hydrogen-bond donors (Lipinski definition) is 3. The highest BCUT2D eigenvalue weighted by molar-refractivity contribution is 7.08. The second-order valence-electron chi connectivity index (χ2n) is 6.75. The Morgan fingerprint density at radius 3 is 2.87 bits per heavy atom. The molecule has 3 N–H and O–H groups in total. The van der Waals surface area contributed by atoms with E-state index >= 15 is 0 Å². The maximum absolute atomic E-state index is 13.2. The summed E-state index contributed by atoms with van der Waals surface area (Å²) >= 11 is 1.34. The monoisotopic (exact) mass is 421 g/mol. The zero-order valence-corrected chi connectivity index (χ0v) is 16.2. The van der Waals surface area contributed by atoms with E-state index in [1.54, 1.807) is 53.5 Å². The lowest BCUT2D eigenvalue weighted by Crippen LogP contribution is -2.30. The van der Waals surface area contributed by atoms with Gasteiger partial charge in [-0.25, -0.2) is 4.98 Å². The lowest BCUT2D eigenvalue weighted by atomic mass is 9.97. The highest BCUT2D eigenvalue weighted by Crippen LogP contribution is 2.43. The highest BCUT2D eigenvalue weighted by Gasteiger charge is 2.46. The van der Waals surface area contributed by atoms with E-state index in [1.807, 2.05) is 0 Å². The van der Waals surface area contributed by atoms with Gasteiger partial charge in [0.2, 0.25) is 0 Å². The van der Waals surface area contributed by atoms with Crippen LogP contribution in [0.15, 0.2) is 69.2 Å². The number of aromatic nitrogens is 2. The number of thiophene rings is 1. The summed E-state index contributed by atoms with van der Waals surface area (Å²) in [7, 11) is 0. The van der Waals surface area contributed by atoms with Crippen LogP contribution in [0.3, 0.4) is 0 Å². The van der Waals surface area contributed by atoms with Gasteiger partial charge in [-0.05, 0) is 41.8 Å². The number of aliphatic hydroxyl groups excluding tert-OH is 2. The molecular weight excluding hydrogens is 406 g/mol.